The molecule has 0 saturated heterocycles. The lowest BCUT2D eigenvalue weighted by atomic mass is 10.1. The Bertz CT molecular complexity index is 486. The van der Waals surface area contributed by atoms with E-state index in [0.29, 0.717) is 11.3 Å². The summed E-state index contributed by atoms with van der Waals surface area (Å²) in [6, 6.07) is 4.32. The number of ether oxygens (including phenoxy) is 1. The Morgan fingerprint density at radius 3 is 2.53 bits per heavy atom. The summed E-state index contributed by atoms with van der Waals surface area (Å²) in [5.74, 6) is -0.239. The molecule has 0 aromatic heterocycles. The van der Waals surface area contributed by atoms with Gasteiger partial charge >= 0.3 is 6.03 Å². The zero-order valence-electron chi connectivity index (χ0n) is 11.1. The van der Waals surface area contributed by atoms with Crippen molar-refractivity contribution in [2.45, 2.75) is 33.0 Å². The molecule has 0 spiro atoms. The SMILES string of the molecule is Cc1ccc(OC(C)C(=O)NC(N)=O)c([C@H](C)O)c1. The Kier molecular flexibility index (Phi) is 4.88. The highest BCUT2D eigenvalue weighted by atomic mass is 16.5. The summed E-state index contributed by atoms with van der Waals surface area (Å²) in [6.07, 6.45) is -1.62. The van der Waals surface area contributed by atoms with E-state index in [1.807, 2.05) is 12.2 Å². The number of hydrogen-bond donors (Lipinski definition) is 3. The lowest BCUT2D eigenvalue weighted by Gasteiger charge is -2.18. The quantitative estimate of drug-likeness (QED) is 0.756. The third kappa shape index (κ3) is 4.26. The van der Waals surface area contributed by atoms with Gasteiger partial charge in [-0.3, -0.25) is 10.1 Å². The van der Waals surface area contributed by atoms with Crippen LogP contribution in [0.2, 0.25) is 0 Å². The third-order valence-electron chi connectivity index (χ3n) is 2.53. The van der Waals surface area contributed by atoms with Gasteiger partial charge in [-0.1, -0.05) is 11.6 Å². The molecule has 104 valence electrons. The molecule has 0 bridgehead atoms. The molecule has 1 aromatic carbocycles. The number of amides is 3. The fourth-order valence-corrected chi connectivity index (χ4v) is 1.57. The minimum atomic E-state index is -0.930. The Morgan fingerprint density at radius 1 is 1.37 bits per heavy atom. The van der Waals surface area contributed by atoms with Crippen LogP contribution in [0.25, 0.3) is 0 Å². The molecule has 2 atom stereocenters. The highest BCUT2D eigenvalue weighted by Gasteiger charge is 2.18. The van der Waals surface area contributed by atoms with E-state index in [4.69, 9.17) is 10.5 Å². The number of hydrogen-bond acceptors (Lipinski definition) is 4. The van der Waals surface area contributed by atoms with Crippen molar-refractivity contribution in [3.05, 3.63) is 29.3 Å². The smallest absolute Gasteiger partial charge is 0.318 e. The first-order valence-electron chi connectivity index (χ1n) is 5.87. The molecule has 0 heterocycles. The molecule has 0 radical (unpaired) electrons. The number of aryl methyl sites for hydroxylation is 1. The molecule has 1 aromatic rings. The number of nitrogens with two attached hydrogens (primary N) is 1. The van der Waals surface area contributed by atoms with Crippen molar-refractivity contribution < 1.29 is 19.4 Å². The second kappa shape index (κ2) is 6.19. The van der Waals surface area contributed by atoms with E-state index < -0.39 is 24.1 Å². The normalized spacial score (nSPS) is 13.5. The van der Waals surface area contributed by atoms with Gasteiger partial charge in [-0.05, 0) is 32.9 Å². The van der Waals surface area contributed by atoms with Crippen molar-refractivity contribution >= 4 is 11.9 Å². The van der Waals surface area contributed by atoms with Crippen molar-refractivity contribution in [3.63, 3.8) is 0 Å². The van der Waals surface area contributed by atoms with Crippen LogP contribution in [0.1, 0.15) is 31.1 Å². The maximum atomic E-state index is 11.5. The van der Waals surface area contributed by atoms with Gasteiger partial charge in [0.1, 0.15) is 5.75 Å². The Hall–Kier alpha value is -2.08. The molecule has 1 unspecified atom stereocenters. The fraction of sp³-hybridized carbons (Fsp3) is 0.385. The number of aliphatic hydroxyl groups excluding tert-OH is 1. The van der Waals surface area contributed by atoms with Gasteiger partial charge in [0, 0.05) is 5.56 Å². The highest BCUT2D eigenvalue weighted by molar-refractivity contribution is 5.95. The van der Waals surface area contributed by atoms with Crippen LogP contribution in [0.3, 0.4) is 0 Å². The number of carbonyl (C=O) groups is 2. The predicted molar refractivity (Wildman–Crippen MR) is 69.6 cm³/mol. The Labute approximate surface area is 111 Å². The monoisotopic (exact) mass is 266 g/mol. The van der Waals surface area contributed by atoms with Gasteiger partial charge in [0.25, 0.3) is 5.91 Å². The maximum Gasteiger partial charge on any atom is 0.318 e. The first-order chi connectivity index (χ1) is 8.81. The van der Waals surface area contributed by atoms with Crippen LogP contribution in [0, 0.1) is 6.92 Å². The number of primary amides is 1. The van der Waals surface area contributed by atoms with Crippen LogP contribution in [-0.4, -0.2) is 23.1 Å². The second-order valence-electron chi connectivity index (χ2n) is 4.33. The van der Waals surface area contributed by atoms with E-state index >= 15 is 0 Å². The Morgan fingerprint density at radius 2 is 2.00 bits per heavy atom. The van der Waals surface area contributed by atoms with E-state index in [0.717, 1.165) is 5.56 Å². The number of aliphatic hydroxyl groups is 1. The van der Waals surface area contributed by atoms with Crippen molar-refractivity contribution in [3.8, 4) is 5.75 Å². The average molecular weight is 266 g/mol. The first-order valence-corrected chi connectivity index (χ1v) is 5.87. The number of imide groups is 1. The molecule has 0 aliphatic rings. The van der Waals surface area contributed by atoms with Gasteiger partial charge in [-0.2, -0.15) is 0 Å². The van der Waals surface area contributed by atoms with Crippen LogP contribution in [0.4, 0.5) is 4.79 Å². The van der Waals surface area contributed by atoms with Crippen LogP contribution in [0.5, 0.6) is 5.75 Å². The number of rotatable bonds is 4. The van der Waals surface area contributed by atoms with Crippen molar-refractivity contribution in [2.24, 2.45) is 5.73 Å². The van der Waals surface area contributed by atoms with E-state index in [9.17, 15) is 14.7 Å². The molecular formula is C13H18N2O4. The van der Waals surface area contributed by atoms with E-state index in [-0.39, 0.29) is 0 Å². The van der Waals surface area contributed by atoms with Crippen LogP contribution >= 0.6 is 0 Å². The topological polar surface area (TPSA) is 102 Å². The van der Waals surface area contributed by atoms with Gasteiger partial charge in [-0.25, -0.2) is 4.79 Å². The van der Waals surface area contributed by atoms with Gasteiger partial charge in [0.15, 0.2) is 6.10 Å². The molecule has 3 amide bonds. The summed E-state index contributed by atoms with van der Waals surface area (Å²) in [5.41, 5.74) is 6.41. The summed E-state index contributed by atoms with van der Waals surface area (Å²) in [5, 5.41) is 11.6. The molecule has 0 aliphatic carbocycles. The highest BCUT2D eigenvalue weighted by Crippen LogP contribution is 2.27. The second-order valence-corrected chi connectivity index (χ2v) is 4.33. The predicted octanol–water partition coefficient (Wildman–Crippen LogP) is 1.01. The van der Waals surface area contributed by atoms with Gasteiger partial charge in [-0.15, -0.1) is 0 Å². The molecular weight excluding hydrogens is 248 g/mol. The summed E-state index contributed by atoms with van der Waals surface area (Å²) in [4.78, 5) is 22.1. The molecule has 0 fully saturated rings. The number of benzene rings is 1. The summed E-state index contributed by atoms with van der Waals surface area (Å²) in [7, 11) is 0. The van der Waals surface area contributed by atoms with Crippen LogP contribution in [-0.2, 0) is 4.79 Å². The zero-order chi connectivity index (χ0) is 14.6. The number of nitrogens with one attached hydrogen (secondary N) is 1. The van der Waals surface area contributed by atoms with Crippen molar-refractivity contribution in [1.82, 2.24) is 5.32 Å². The molecule has 6 heteroatoms. The fourth-order valence-electron chi connectivity index (χ4n) is 1.57. The van der Waals surface area contributed by atoms with Crippen LogP contribution < -0.4 is 15.8 Å². The lowest BCUT2D eigenvalue weighted by molar-refractivity contribution is -0.126. The Balaban J connectivity index is 2.87. The minimum Gasteiger partial charge on any atom is -0.481 e. The third-order valence-corrected chi connectivity index (χ3v) is 2.53. The molecule has 0 aliphatic heterocycles. The minimum absolute atomic E-state index is 0.396. The summed E-state index contributed by atoms with van der Waals surface area (Å²) >= 11 is 0. The first kappa shape index (κ1) is 15.0. The van der Waals surface area contributed by atoms with Gasteiger partial charge < -0.3 is 15.6 Å². The van der Waals surface area contributed by atoms with Crippen LogP contribution in [0.15, 0.2) is 18.2 Å². The average Bonchev–Trinajstić information content (AvgIpc) is 2.30. The standard InChI is InChI=1S/C13H18N2O4/c1-7-4-5-11(10(6-7)8(2)16)19-9(3)12(17)15-13(14)18/h4-6,8-9,16H,1-3H3,(H3,14,15,17,18)/t8-,9?/m0/s1. The number of carbonyl (C=O) groups excluding carboxylic acids is 2. The van der Waals surface area contributed by atoms with E-state index in [1.165, 1.54) is 6.92 Å². The van der Waals surface area contributed by atoms with E-state index in [1.54, 1.807) is 25.1 Å². The molecule has 19 heavy (non-hydrogen) atoms. The summed E-state index contributed by atoms with van der Waals surface area (Å²) < 4.78 is 5.44. The molecule has 1 rings (SSSR count). The molecule has 6 nitrogen and oxygen atoms in total. The van der Waals surface area contributed by atoms with Crippen molar-refractivity contribution in [2.75, 3.05) is 0 Å². The number of urea groups is 1. The molecule has 0 saturated carbocycles. The van der Waals surface area contributed by atoms with Gasteiger partial charge in [0.05, 0.1) is 6.10 Å². The zero-order valence-corrected chi connectivity index (χ0v) is 11.1. The van der Waals surface area contributed by atoms with Gasteiger partial charge in [0.2, 0.25) is 0 Å². The van der Waals surface area contributed by atoms with E-state index in [2.05, 4.69) is 0 Å². The summed E-state index contributed by atoms with van der Waals surface area (Å²) in [6.45, 7) is 4.98. The maximum absolute atomic E-state index is 11.5. The van der Waals surface area contributed by atoms with Crippen molar-refractivity contribution in [1.29, 1.82) is 0 Å². The largest absolute Gasteiger partial charge is 0.481 e. The molecule has 4 N–H and O–H groups in total. The lowest BCUT2D eigenvalue weighted by Crippen LogP contribution is -2.42.